The maximum atomic E-state index is 15.2. The van der Waals surface area contributed by atoms with Crippen LogP contribution in [0, 0.1) is 11.2 Å². The summed E-state index contributed by atoms with van der Waals surface area (Å²) in [6.07, 6.45) is 5.35. The third-order valence-corrected chi connectivity index (χ3v) is 8.83. The second-order valence-corrected chi connectivity index (χ2v) is 12.5. The van der Waals surface area contributed by atoms with Gasteiger partial charge in [-0.25, -0.2) is 4.39 Å². The summed E-state index contributed by atoms with van der Waals surface area (Å²) in [5.74, 6) is 1.52. The lowest BCUT2D eigenvalue weighted by Gasteiger charge is -2.37. The molecule has 2 aliphatic rings. The van der Waals surface area contributed by atoms with E-state index in [1.54, 1.807) is 25.3 Å². The van der Waals surface area contributed by atoms with Crippen molar-refractivity contribution in [3.05, 3.63) is 82.7 Å². The Morgan fingerprint density at radius 2 is 1.93 bits per heavy atom. The summed E-state index contributed by atoms with van der Waals surface area (Å²) in [4.78, 5) is 4.73. The number of ether oxygens (including phenoxy) is 2. The van der Waals surface area contributed by atoms with E-state index in [0.29, 0.717) is 36.0 Å². The Hall–Kier alpha value is -3.25. The van der Waals surface area contributed by atoms with Gasteiger partial charge in [-0.15, -0.1) is 0 Å². The second-order valence-electron chi connectivity index (χ2n) is 12.5. The van der Waals surface area contributed by atoms with Crippen LogP contribution in [0.3, 0.4) is 0 Å². The van der Waals surface area contributed by atoms with Gasteiger partial charge in [0.25, 0.3) is 0 Å². The Kier molecular flexibility index (Phi) is 9.08. The van der Waals surface area contributed by atoms with E-state index >= 15 is 4.39 Å². The molecule has 220 valence electrons. The second kappa shape index (κ2) is 12.7. The SMILES string of the molecule is CCN(Cc1ccc(OCCN2CCCC(C)(C)C2)c(F)c1)c1cc(OC)ccc1[C@H]1CCc2cc(O)ccc2C1. The highest BCUT2D eigenvalue weighted by molar-refractivity contribution is 5.60. The number of fused-ring (bicyclic) bond motifs is 1. The number of benzene rings is 3. The lowest BCUT2D eigenvalue weighted by Crippen LogP contribution is -2.41. The zero-order valence-corrected chi connectivity index (χ0v) is 25.1. The molecule has 6 heteroatoms. The van der Waals surface area contributed by atoms with Crippen molar-refractivity contribution in [3.63, 3.8) is 0 Å². The zero-order valence-electron chi connectivity index (χ0n) is 25.1. The fraction of sp³-hybridized carbons (Fsp3) is 0.486. The van der Waals surface area contributed by atoms with E-state index in [9.17, 15) is 5.11 Å². The van der Waals surface area contributed by atoms with E-state index in [4.69, 9.17) is 9.47 Å². The summed E-state index contributed by atoms with van der Waals surface area (Å²) in [5.41, 5.74) is 6.20. The standard InChI is InChI=1S/C35H45FN2O3/c1-5-38(23-25-7-14-34(32(36)19-25)41-18-17-37-16-6-15-35(2,3)24-37)33-22-30(40-4)12-13-31(33)28-9-8-27-21-29(39)11-10-26(27)20-28/h7,10-14,19,21-22,28,39H,5-6,8-9,15-18,20,23-24H2,1-4H3/t28-/m0/s1. The fourth-order valence-electron chi connectivity index (χ4n) is 6.64. The summed E-state index contributed by atoms with van der Waals surface area (Å²) in [6, 6.07) is 17.4. The van der Waals surface area contributed by atoms with Crippen LogP contribution in [0.5, 0.6) is 17.2 Å². The first-order chi connectivity index (χ1) is 19.7. The average Bonchev–Trinajstić information content (AvgIpc) is 2.96. The molecule has 0 spiro atoms. The average molecular weight is 561 g/mol. The molecule has 0 aromatic heterocycles. The Morgan fingerprint density at radius 1 is 1.07 bits per heavy atom. The number of likely N-dealkylation sites (tertiary alicyclic amines) is 1. The molecule has 0 amide bonds. The van der Waals surface area contributed by atoms with Crippen LogP contribution >= 0.6 is 0 Å². The molecule has 0 unspecified atom stereocenters. The van der Waals surface area contributed by atoms with Gasteiger partial charge in [0.1, 0.15) is 18.1 Å². The molecule has 41 heavy (non-hydrogen) atoms. The molecular weight excluding hydrogens is 515 g/mol. The van der Waals surface area contributed by atoms with Crippen molar-refractivity contribution in [1.29, 1.82) is 0 Å². The summed E-state index contributed by atoms with van der Waals surface area (Å²) in [6.45, 7) is 11.6. The molecule has 0 saturated carbocycles. The van der Waals surface area contributed by atoms with Crippen molar-refractivity contribution in [2.45, 2.75) is 65.3 Å². The van der Waals surface area contributed by atoms with Gasteiger partial charge in [0.05, 0.1) is 7.11 Å². The summed E-state index contributed by atoms with van der Waals surface area (Å²) in [5, 5.41) is 9.91. The number of hydrogen-bond acceptors (Lipinski definition) is 5. The van der Waals surface area contributed by atoms with Crippen LogP contribution in [0.1, 0.15) is 68.2 Å². The first kappa shape index (κ1) is 29.2. The predicted octanol–water partition coefficient (Wildman–Crippen LogP) is 7.34. The summed E-state index contributed by atoms with van der Waals surface area (Å²) >= 11 is 0. The predicted molar refractivity (Wildman–Crippen MR) is 164 cm³/mol. The Labute approximate surface area is 244 Å². The Balaban J connectivity index is 1.28. The molecule has 3 aromatic rings. The largest absolute Gasteiger partial charge is 0.508 e. The topological polar surface area (TPSA) is 45.2 Å². The van der Waals surface area contributed by atoms with Gasteiger partial charge in [0.2, 0.25) is 0 Å². The van der Waals surface area contributed by atoms with Gasteiger partial charge in [-0.3, -0.25) is 4.90 Å². The normalized spacial score (nSPS) is 18.5. The van der Waals surface area contributed by atoms with Crippen LogP contribution in [-0.4, -0.2) is 49.9 Å². The number of methoxy groups -OCH3 is 1. The number of aryl methyl sites for hydroxylation is 1. The van der Waals surface area contributed by atoms with Gasteiger partial charge < -0.3 is 19.5 Å². The Morgan fingerprint density at radius 3 is 2.68 bits per heavy atom. The fourth-order valence-corrected chi connectivity index (χ4v) is 6.64. The van der Waals surface area contributed by atoms with Crippen LogP contribution in [-0.2, 0) is 19.4 Å². The van der Waals surface area contributed by atoms with Gasteiger partial charge in [0.15, 0.2) is 11.6 Å². The molecule has 3 aromatic carbocycles. The highest BCUT2D eigenvalue weighted by Gasteiger charge is 2.27. The molecule has 1 N–H and O–H groups in total. The van der Waals surface area contributed by atoms with Gasteiger partial charge in [-0.05, 0) is 109 Å². The van der Waals surface area contributed by atoms with Crippen LogP contribution in [0.2, 0.25) is 0 Å². The number of nitrogens with zero attached hydrogens (tertiary/aromatic N) is 2. The molecular formula is C35H45FN2O3. The van der Waals surface area contributed by atoms with E-state index in [2.05, 4.69) is 48.8 Å². The quantitative estimate of drug-likeness (QED) is 0.281. The first-order valence-corrected chi connectivity index (χ1v) is 15.1. The minimum Gasteiger partial charge on any atom is -0.508 e. The Bertz CT molecular complexity index is 1340. The van der Waals surface area contributed by atoms with Gasteiger partial charge >= 0.3 is 0 Å². The zero-order chi connectivity index (χ0) is 29.0. The van der Waals surface area contributed by atoms with Crippen molar-refractivity contribution in [1.82, 2.24) is 4.90 Å². The lowest BCUT2D eigenvalue weighted by atomic mass is 9.79. The number of halogens is 1. The lowest BCUT2D eigenvalue weighted by molar-refractivity contribution is 0.101. The van der Waals surface area contributed by atoms with Crippen molar-refractivity contribution in [2.75, 3.05) is 44.8 Å². The van der Waals surface area contributed by atoms with E-state index in [1.165, 1.54) is 29.5 Å². The molecule has 5 nitrogen and oxygen atoms in total. The first-order valence-electron chi connectivity index (χ1n) is 15.1. The smallest absolute Gasteiger partial charge is 0.165 e. The number of phenolic OH excluding ortho intramolecular Hbond substituents is 1. The third-order valence-electron chi connectivity index (χ3n) is 8.83. The number of piperidine rings is 1. The number of hydrogen-bond donors (Lipinski definition) is 1. The molecule has 1 fully saturated rings. The molecule has 1 aliphatic carbocycles. The van der Waals surface area contributed by atoms with Gasteiger partial charge in [0, 0.05) is 37.9 Å². The molecule has 0 bridgehead atoms. The van der Waals surface area contributed by atoms with Crippen molar-refractivity contribution in [2.24, 2.45) is 5.41 Å². The molecule has 1 saturated heterocycles. The molecule has 1 heterocycles. The summed E-state index contributed by atoms with van der Waals surface area (Å²) in [7, 11) is 1.69. The van der Waals surface area contributed by atoms with E-state index in [-0.39, 0.29) is 5.82 Å². The number of phenols is 1. The van der Waals surface area contributed by atoms with Crippen molar-refractivity contribution in [3.8, 4) is 17.2 Å². The maximum Gasteiger partial charge on any atom is 0.165 e. The monoisotopic (exact) mass is 560 g/mol. The van der Waals surface area contributed by atoms with Crippen LogP contribution in [0.15, 0.2) is 54.6 Å². The van der Waals surface area contributed by atoms with Gasteiger partial charge in [-0.2, -0.15) is 0 Å². The number of anilines is 1. The molecule has 1 aliphatic heterocycles. The molecule has 5 rings (SSSR count). The van der Waals surface area contributed by atoms with Crippen molar-refractivity contribution >= 4 is 5.69 Å². The molecule has 0 radical (unpaired) electrons. The third kappa shape index (κ3) is 7.16. The number of aromatic hydroxyl groups is 1. The van der Waals surface area contributed by atoms with E-state index in [0.717, 1.165) is 62.4 Å². The van der Waals surface area contributed by atoms with Gasteiger partial charge in [-0.1, -0.05) is 32.0 Å². The maximum absolute atomic E-state index is 15.2. The van der Waals surface area contributed by atoms with Crippen LogP contribution < -0.4 is 14.4 Å². The van der Waals surface area contributed by atoms with Crippen molar-refractivity contribution < 1.29 is 19.0 Å². The minimum atomic E-state index is -0.310. The molecule has 1 atom stereocenters. The van der Waals surface area contributed by atoms with Crippen LogP contribution in [0.25, 0.3) is 0 Å². The van der Waals surface area contributed by atoms with Crippen LogP contribution in [0.4, 0.5) is 10.1 Å². The minimum absolute atomic E-state index is 0.310. The highest BCUT2D eigenvalue weighted by atomic mass is 19.1. The summed E-state index contributed by atoms with van der Waals surface area (Å²) < 4.78 is 26.6. The van der Waals surface area contributed by atoms with E-state index < -0.39 is 0 Å². The number of rotatable bonds is 10. The van der Waals surface area contributed by atoms with E-state index in [1.807, 2.05) is 18.2 Å². The highest BCUT2D eigenvalue weighted by Crippen LogP contribution is 2.40.